The van der Waals surface area contributed by atoms with Crippen LogP contribution in [0, 0.1) is 18.8 Å². The maximum atomic E-state index is 12.7. The average molecular weight is 649 g/mol. The number of hydrogen-bond donors (Lipinski definition) is 1. The molecule has 256 valence electrons. The molecule has 0 saturated heterocycles. The van der Waals surface area contributed by atoms with Gasteiger partial charge in [0.2, 0.25) is 6.79 Å². The smallest absolute Gasteiger partial charge is 0.496 e. The predicted octanol–water partition coefficient (Wildman–Crippen LogP) is 6.61. The normalized spacial score (nSPS) is 13.7. The minimum absolute atomic E-state index is 0.00244. The molecule has 0 amide bonds. The number of fused-ring (bicyclic) bond motifs is 1. The summed E-state index contributed by atoms with van der Waals surface area (Å²) >= 11 is 0. The summed E-state index contributed by atoms with van der Waals surface area (Å²) in [6.45, 7) is 6.66. The first kappa shape index (κ1) is 38.1. The van der Waals surface area contributed by atoms with Gasteiger partial charge < -0.3 is 33.5 Å². The molecular weight excluding hydrogens is 600 g/mol. The van der Waals surface area contributed by atoms with E-state index in [4.69, 9.17) is 33.5 Å². The van der Waals surface area contributed by atoms with Crippen LogP contribution in [0.15, 0.2) is 11.6 Å². The number of aliphatic carboxylic acids is 1. The Labute approximate surface area is 270 Å². The van der Waals surface area contributed by atoms with Gasteiger partial charge in [-0.15, -0.1) is 0 Å². The van der Waals surface area contributed by atoms with E-state index in [-0.39, 0.29) is 49.1 Å². The van der Waals surface area contributed by atoms with Crippen molar-refractivity contribution in [3.63, 3.8) is 0 Å². The number of cyclic esters (lactones) is 1. The van der Waals surface area contributed by atoms with E-state index >= 15 is 0 Å². The number of benzene rings is 1. The van der Waals surface area contributed by atoms with Crippen molar-refractivity contribution in [3.8, 4) is 11.5 Å². The van der Waals surface area contributed by atoms with Crippen LogP contribution in [-0.4, -0.2) is 56.2 Å². The highest BCUT2D eigenvalue weighted by Crippen LogP contribution is 2.43. The van der Waals surface area contributed by atoms with E-state index in [1.165, 1.54) is 14.2 Å². The summed E-state index contributed by atoms with van der Waals surface area (Å²) in [5, 5.41) is 8.83. The second-order valence-electron chi connectivity index (χ2n) is 11.8. The van der Waals surface area contributed by atoms with Crippen LogP contribution in [-0.2, 0) is 46.4 Å². The van der Waals surface area contributed by atoms with Crippen LogP contribution < -0.4 is 9.47 Å². The fourth-order valence-electron chi connectivity index (χ4n) is 5.28. The Kier molecular flexibility index (Phi) is 16.1. The summed E-state index contributed by atoms with van der Waals surface area (Å²) in [5.41, 5.74) is 2.62. The third-order valence-electron chi connectivity index (χ3n) is 8.05. The molecule has 0 radical (unpaired) electrons. The lowest BCUT2D eigenvalue weighted by atomic mass is 9.94. The van der Waals surface area contributed by atoms with Gasteiger partial charge in [0, 0.05) is 24.0 Å². The monoisotopic (exact) mass is 648 g/mol. The van der Waals surface area contributed by atoms with Crippen molar-refractivity contribution in [2.24, 2.45) is 11.8 Å². The van der Waals surface area contributed by atoms with Gasteiger partial charge in [-0.25, -0.2) is 9.59 Å². The summed E-state index contributed by atoms with van der Waals surface area (Å²) in [4.78, 5) is 60.1. The topological polar surface area (TPSA) is 161 Å². The quantitative estimate of drug-likeness (QED) is 0.0403. The van der Waals surface area contributed by atoms with Crippen molar-refractivity contribution in [1.29, 1.82) is 0 Å². The predicted molar refractivity (Wildman–Crippen MR) is 167 cm³/mol. The Morgan fingerprint density at radius 1 is 0.957 bits per heavy atom. The number of carbonyl (C=O) groups excluding carboxylic acids is 4. The highest BCUT2D eigenvalue weighted by atomic mass is 16.8. The van der Waals surface area contributed by atoms with Crippen LogP contribution in [0.4, 0.5) is 4.79 Å². The Hall–Kier alpha value is -4.09. The van der Waals surface area contributed by atoms with Crippen LogP contribution >= 0.6 is 0 Å². The van der Waals surface area contributed by atoms with E-state index in [0.717, 1.165) is 44.1 Å². The van der Waals surface area contributed by atoms with Gasteiger partial charge in [-0.3, -0.25) is 14.4 Å². The summed E-state index contributed by atoms with van der Waals surface area (Å²) in [6, 6.07) is 0. The van der Waals surface area contributed by atoms with Crippen molar-refractivity contribution >= 4 is 30.0 Å². The van der Waals surface area contributed by atoms with Gasteiger partial charge in [-0.1, -0.05) is 64.0 Å². The SMILES string of the molecule is COC(=O)CCC(C)=CCc1c(OC)c(C)c2c(c1OC(=O)OCOC(=O)C(C)CCCCCCCC(C)CC(=O)O)C(=O)OC2. The van der Waals surface area contributed by atoms with Crippen molar-refractivity contribution in [2.45, 2.75) is 105 Å². The van der Waals surface area contributed by atoms with E-state index in [2.05, 4.69) is 0 Å². The number of esters is 3. The molecule has 0 aromatic heterocycles. The Bertz CT molecular complexity index is 1270. The number of allylic oxidation sites excluding steroid dienone is 2. The molecule has 0 spiro atoms. The Balaban J connectivity index is 1.93. The van der Waals surface area contributed by atoms with Crippen LogP contribution in [0.3, 0.4) is 0 Å². The third kappa shape index (κ3) is 12.0. The van der Waals surface area contributed by atoms with Crippen molar-refractivity contribution in [1.82, 2.24) is 0 Å². The van der Waals surface area contributed by atoms with E-state index in [1.807, 2.05) is 19.9 Å². The number of hydrogen-bond acceptors (Lipinski definition) is 11. The van der Waals surface area contributed by atoms with Crippen LogP contribution in [0.25, 0.3) is 0 Å². The Morgan fingerprint density at radius 2 is 1.63 bits per heavy atom. The summed E-state index contributed by atoms with van der Waals surface area (Å²) in [5.74, 6) is -2.12. The zero-order valence-corrected chi connectivity index (χ0v) is 27.9. The summed E-state index contributed by atoms with van der Waals surface area (Å²) in [7, 11) is 2.79. The maximum Gasteiger partial charge on any atom is 0.516 e. The number of rotatable bonds is 20. The van der Waals surface area contributed by atoms with Crippen molar-refractivity contribution < 1.29 is 57.5 Å². The number of ether oxygens (including phenoxy) is 6. The largest absolute Gasteiger partial charge is 0.516 e. The zero-order valence-electron chi connectivity index (χ0n) is 27.9. The molecule has 2 unspecified atom stereocenters. The number of carbonyl (C=O) groups is 5. The first-order chi connectivity index (χ1) is 21.9. The molecule has 0 saturated carbocycles. The first-order valence-electron chi connectivity index (χ1n) is 15.7. The molecule has 46 heavy (non-hydrogen) atoms. The number of carboxylic acid groups (broad SMARTS) is 1. The van der Waals surface area contributed by atoms with Crippen LogP contribution in [0.2, 0.25) is 0 Å². The minimum Gasteiger partial charge on any atom is -0.496 e. The number of unbranched alkanes of at least 4 members (excludes halogenated alkanes) is 4. The second kappa shape index (κ2) is 19.4. The Morgan fingerprint density at radius 3 is 2.28 bits per heavy atom. The molecule has 1 aliphatic heterocycles. The fraction of sp³-hybridized carbons (Fsp3) is 0.618. The first-order valence-corrected chi connectivity index (χ1v) is 15.7. The lowest BCUT2D eigenvalue weighted by Crippen LogP contribution is -2.21. The lowest BCUT2D eigenvalue weighted by Gasteiger charge is -2.18. The fourth-order valence-corrected chi connectivity index (χ4v) is 5.28. The lowest BCUT2D eigenvalue weighted by molar-refractivity contribution is -0.157. The van der Waals surface area contributed by atoms with Crippen LogP contribution in [0.1, 0.15) is 112 Å². The van der Waals surface area contributed by atoms with Gasteiger partial charge in [-0.2, -0.15) is 0 Å². The molecule has 1 aromatic rings. The molecular formula is C34H48O12. The number of methoxy groups -OCH3 is 2. The molecule has 0 bridgehead atoms. The van der Waals surface area contributed by atoms with Gasteiger partial charge in [-0.05, 0) is 44.6 Å². The highest BCUT2D eigenvalue weighted by molar-refractivity contribution is 5.99. The molecule has 12 nitrogen and oxygen atoms in total. The molecule has 0 aliphatic carbocycles. The van der Waals surface area contributed by atoms with E-state index in [1.54, 1.807) is 13.8 Å². The van der Waals surface area contributed by atoms with Crippen molar-refractivity contribution in [3.05, 3.63) is 33.9 Å². The molecule has 1 aliphatic rings. The highest BCUT2D eigenvalue weighted by Gasteiger charge is 2.34. The molecule has 2 atom stereocenters. The molecule has 1 heterocycles. The van der Waals surface area contributed by atoms with Gasteiger partial charge in [0.15, 0.2) is 5.75 Å². The third-order valence-corrected chi connectivity index (χ3v) is 8.05. The zero-order chi connectivity index (χ0) is 34.2. The molecule has 12 heteroatoms. The maximum absolute atomic E-state index is 12.7. The van der Waals surface area contributed by atoms with Gasteiger partial charge in [0.25, 0.3) is 0 Å². The second-order valence-corrected chi connectivity index (χ2v) is 11.8. The van der Waals surface area contributed by atoms with Gasteiger partial charge >= 0.3 is 30.0 Å². The van der Waals surface area contributed by atoms with E-state index < -0.39 is 36.8 Å². The molecule has 2 rings (SSSR count). The molecule has 1 N–H and O–H groups in total. The minimum atomic E-state index is -1.17. The van der Waals surface area contributed by atoms with Crippen LogP contribution in [0.5, 0.6) is 11.5 Å². The van der Waals surface area contributed by atoms with E-state index in [9.17, 15) is 24.0 Å². The summed E-state index contributed by atoms with van der Waals surface area (Å²) in [6.07, 6.45) is 8.03. The standard InChI is InChI=1S/C34H48O12/c1-21(15-17-28(37)41-5)14-16-25-30(42-6)24(4)26-19-43-33(39)29(26)31(25)46-34(40)45-20-44-32(38)23(3)13-11-9-7-8-10-12-22(2)18-27(35)36/h14,22-23H,7-13,15-20H2,1-6H3,(H,35,36). The molecule has 0 fully saturated rings. The summed E-state index contributed by atoms with van der Waals surface area (Å²) < 4.78 is 31.2. The van der Waals surface area contributed by atoms with E-state index in [0.29, 0.717) is 35.3 Å². The van der Waals surface area contributed by atoms with Crippen molar-refractivity contribution in [2.75, 3.05) is 21.0 Å². The van der Waals surface area contributed by atoms with Gasteiger partial charge in [0.1, 0.15) is 17.9 Å². The average Bonchev–Trinajstić information content (AvgIpc) is 3.40. The van der Waals surface area contributed by atoms with Gasteiger partial charge in [0.05, 0.1) is 20.1 Å². The molecule has 1 aromatic carbocycles. The number of carboxylic acids is 1.